The van der Waals surface area contributed by atoms with Gasteiger partial charge in [-0.1, -0.05) is 0 Å². The second-order valence-electron chi connectivity index (χ2n) is 6.22. The highest BCUT2D eigenvalue weighted by Crippen LogP contribution is 2.19. The summed E-state index contributed by atoms with van der Waals surface area (Å²) in [5, 5.41) is 5.60. The zero-order chi connectivity index (χ0) is 19.4. The van der Waals surface area contributed by atoms with Gasteiger partial charge in [0.25, 0.3) is 0 Å². The fraction of sp³-hybridized carbons (Fsp3) is 0.389. The number of hydrogen-bond donors (Lipinski definition) is 2. The number of nitrogens with zero attached hydrogens (tertiary/aromatic N) is 4. The maximum Gasteiger partial charge on any atom is 0.322 e. The van der Waals surface area contributed by atoms with Crippen LogP contribution in [0.1, 0.15) is 12.7 Å². The Morgan fingerprint density at radius 3 is 2.59 bits per heavy atom. The second-order valence-corrected chi connectivity index (χ2v) is 6.22. The van der Waals surface area contributed by atoms with E-state index in [2.05, 4.69) is 25.5 Å². The molecule has 2 N–H and O–H groups in total. The van der Waals surface area contributed by atoms with Crippen molar-refractivity contribution in [1.82, 2.24) is 14.9 Å². The van der Waals surface area contributed by atoms with E-state index in [0.29, 0.717) is 32.0 Å². The van der Waals surface area contributed by atoms with Crippen molar-refractivity contribution in [2.24, 2.45) is 0 Å². The number of nitrogens with one attached hydrogen (secondary N) is 2. The standard InChI is InChI=1S/C18H22F2N6O/c1-3-21-16-11-17(23-12(2)22-16)25-6-8-26(9-7-25)18(27)24-15-10-13(19)4-5-14(15)20/h4-5,10-11H,3,6-9H2,1-2H3,(H,24,27)(H,21,22,23). The first-order valence-corrected chi connectivity index (χ1v) is 8.81. The van der Waals surface area contributed by atoms with Gasteiger partial charge in [-0.15, -0.1) is 0 Å². The van der Waals surface area contributed by atoms with Crippen LogP contribution in [-0.2, 0) is 0 Å². The van der Waals surface area contributed by atoms with Crippen LogP contribution in [0.25, 0.3) is 0 Å². The number of amides is 2. The number of benzene rings is 1. The van der Waals surface area contributed by atoms with Gasteiger partial charge in [-0.05, 0) is 26.0 Å². The van der Waals surface area contributed by atoms with E-state index in [0.717, 1.165) is 36.4 Å². The van der Waals surface area contributed by atoms with E-state index in [1.54, 1.807) is 4.90 Å². The third-order valence-corrected chi connectivity index (χ3v) is 4.24. The van der Waals surface area contributed by atoms with Crippen LogP contribution in [0.2, 0.25) is 0 Å². The summed E-state index contributed by atoms with van der Waals surface area (Å²) < 4.78 is 26.9. The van der Waals surface area contributed by atoms with Gasteiger partial charge < -0.3 is 20.4 Å². The van der Waals surface area contributed by atoms with Crippen LogP contribution in [0.15, 0.2) is 24.3 Å². The SMILES string of the molecule is CCNc1cc(N2CCN(C(=O)Nc3cc(F)ccc3F)CC2)nc(C)n1. The van der Waals surface area contributed by atoms with E-state index in [1.165, 1.54) is 0 Å². The minimum absolute atomic E-state index is 0.163. The van der Waals surface area contributed by atoms with Crippen molar-refractivity contribution in [3.63, 3.8) is 0 Å². The van der Waals surface area contributed by atoms with Crippen LogP contribution in [0, 0.1) is 18.6 Å². The zero-order valence-corrected chi connectivity index (χ0v) is 15.3. The van der Waals surface area contributed by atoms with Gasteiger partial charge in [0.05, 0.1) is 5.69 Å². The van der Waals surface area contributed by atoms with Crippen molar-refractivity contribution < 1.29 is 13.6 Å². The molecule has 9 heteroatoms. The Kier molecular flexibility index (Phi) is 5.68. The van der Waals surface area contributed by atoms with Gasteiger partial charge in [0, 0.05) is 44.9 Å². The topological polar surface area (TPSA) is 73.4 Å². The van der Waals surface area contributed by atoms with E-state index in [9.17, 15) is 13.6 Å². The van der Waals surface area contributed by atoms with E-state index >= 15 is 0 Å². The van der Waals surface area contributed by atoms with Gasteiger partial charge in [-0.3, -0.25) is 0 Å². The average molecular weight is 376 g/mol. The molecule has 144 valence electrons. The first-order chi connectivity index (χ1) is 13.0. The number of hydrogen-bond acceptors (Lipinski definition) is 5. The summed E-state index contributed by atoms with van der Waals surface area (Å²) in [5.41, 5.74) is -0.163. The highest BCUT2D eigenvalue weighted by Gasteiger charge is 2.23. The van der Waals surface area contributed by atoms with E-state index in [4.69, 9.17) is 0 Å². The van der Waals surface area contributed by atoms with Crippen LogP contribution in [0.4, 0.5) is 30.9 Å². The van der Waals surface area contributed by atoms with E-state index in [1.807, 2.05) is 19.9 Å². The van der Waals surface area contributed by atoms with Crippen LogP contribution >= 0.6 is 0 Å². The number of carbonyl (C=O) groups excluding carboxylic acids is 1. The molecule has 2 aromatic rings. The van der Waals surface area contributed by atoms with Crippen LogP contribution in [-0.4, -0.2) is 53.6 Å². The van der Waals surface area contributed by atoms with Gasteiger partial charge in [-0.2, -0.15) is 0 Å². The van der Waals surface area contributed by atoms with Gasteiger partial charge in [-0.25, -0.2) is 23.5 Å². The zero-order valence-electron chi connectivity index (χ0n) is 15.3. The number of aromatic nitrogens is 2. The molecular weight excluding hydrogens is 354 g/mol. The summed E-state index contributed by atoms with van der Waals surface area (Å²) in [5.74, 6) is 0.963. The molecule has 1 aromatic heterocycles. The number of aryl methyl sites for hydroxylation is 1. The fourth-order valence-electron chi connectivity index (χ4n) is 2.91. The highest BCUT2D eigenvalue weighted by atomic mass is 19.1. The first-order valence-electron chi connectivity index (χ1n) is 8.81. The number of anilines is 3. The second kappa shape index (κ2) is 8.15. The lowest BCUT2D eigenvalue weighted by Gasteiger charge is -2.35. The minimum atomic E-state index is -0.671. The Hall–Kier alpha value is -2.97. The first kappa shape index (κ1) is 18.8. The molecule has 1 saturated heterocycles. The lowest BCUT2D eigenvalue weighted by Crippen LogP contribution is -2.50. The fourth-order valence-corrected chi connectivity index (χ4v) is 2.91. The molecular formula is C18H22F2N6O. The summed E-state index contributed by atoms with van der Waals surface area (Å²) in [6.07, 6.45) is 0. The van der Waals surface area contributed by atoms with Crippen molar-refractivity contribution in [3.05, 3.63) is 41.7 Å². The Balaban J connectivity index is 1.61. The maximum atomic E-state index is 13.7. The molecule has 0 spiro atoms. The summed E-state index contributed by atoms with van der Waals surface area (Å²) in [6, 6.07) is 4.40. The molecule has 0 unspecified atom stereocenters. The summed E-state index contributed by atoms with van der Waals surface area (Å²) in [6.45, 7) is 6.66. The van der Waals surface area contributed by atoms with E-state index in [-0.39, 0.29) is 5.69 Å². The van der Waals surface area contributed by atoms with Crippen LogP contribution in [0.5, 0.6) is 0 Å². The largest absolute Gasteiger partial charge is 0.370 e. The van der Waals surface area contributed by atoms with Gasteiger partial charge in [0.15, 0.2) is 0 Å². The Morgan fingerprint density at radius 2 is 1.89 bits per heavy atom. The molecule has 0 radical (unpaired) electrons. The number of piperazine rings is 1. The molecule has 0 aliphatic carbocycles. The highest BCUT2D eigenvalue weighted by molar-refractivity contribution is 5.89. The molecule has 0 saturated carbocycles. The Bertz CT molecular complexity index is 823. The molecule has 1 aromatic carbocycles. The molecule has 1 fully saturated rings. The average Bonchev–Trinajstić information content (AvgIpc) is 2.64. The van der Waals surface area contributed by atoms with Crippen molar-refractivity contribution in [2.75, 3.05) is 48.3 Å². The van der Waals surface area contributed by atoms with Crippen molar-refractivity contribution in [3.8, 4) is 0 Å². The van der Waals surface area contributed by atoms with Crippen molar-refractivity contribution in [1.29, 1.82) is 0 Å². The third-order valence-electron chi connectivity index (χ3n) is 4.24. The van der Waals surface area contributed by atoms with Crippen LogP contribution in [0.3, 0.4) is 0 Å². The Labute approximate surface area is 156 Å². The maximum absolute atomic E-state index is 13.7. The summed E-state index contributed by atoms with van der Waals surface area (Å²) in [7, 11) is 0. The molecule has 27 heavy (non-hydrogen) atoms. The van der Waals surface area contributed by atoms with Crippen LogP contribution < -0.4 is 15.5 Å². The molecule has 7 nitrogen and oxygen atoms in total. The van der Waals surface area contributed by atoms with Crippen molar-refractivity contribution in [2.45, 2.75) is 13.8 Å². The van der Waals surface area contributed by atoms with Crippen molar-refractivity contribution >= 4 is 23.4 Å². The van der Waals surface area contributed by atoms with Gasteiger partial charge in [0.2, 0.25) is 0 Å². The molecule has 3 rings (SSSR count). The smallest absolute Gasteiger partial charge is 0.322 e. The molecule has 1 aliphatic heterocycles. The lowest BCUT2D eigenvalue weighted by molar-refractivity contribution is 0.208. The monoisotopic (exact) mass is 376 g/mol. The molecule has 0 bridgehead atoms. The third kappa shape index (κ3) is 4.60. The van der Waals surface area contributed by atoms with E-state index < -0.39 is 17.7 Å². The quantitative estimate of drug-likeness (QED) is 0.858. The molecule has 2 heterocycles. The van der Waals surface area contributed by atoms with Gasteiger partial charge >= 0.3 is 6.03 Å². The molecule has 0 atom stereocenters. The summed E-state index contributed by atoms with van der Waals surface area (Å²) in [4.78, 5) is 24.8. The summed E-state index contributed by atoms with van der Waals surface area (Å²) >= 11 is 0. The lowest BCUT2D eigenvalue weighted by atomic mass is 10.3. The number of halogens is 2. The number of rotatable bonds is 4. The molecule has 2 amide bonds. The number of carbonyl (C=O) groups is 1. The minimum Gasteiger partial charge on any atom is -0.370 e. The predicted octanol–water partition coefficient (Wildman–Crippen LogP) is 2.85. The molecule has 1 aliphatic rings. The predicted molar refractivity (Wildman–Crippen MR) is 100 cm³/mol. The Morgan fingerprint density at radius 1 is 1.15 bits per heavy atom. The number of urea groups is 1. The normalized spacial score (nSPS) is 14.2. The van der Waals surface area contributed by atoms with Gasteiger partial charge in [0.1, 0.15) is 29.1 Å².